The molecule has 5 nitrogen and oxygen atoms in total. The largest absolute Gasteiger partial charge is 0.468 e. The lowest BCUT2D eigenvalue weighted by atomic mass is 10.1. The highest BCUT2D eigenvalue weighted by atomic mass is 16.5. The minimum absolute atomic E-state index is 0.208. The number of carbonyl (C=O) groups excluding carboxylic acids is 1. The van der Waals surface area contributed by atoms with Gasteiger partial charge in [0.15, 0.2) is 0 Å². The summed E-state index contributed by atoms with van der Waals surface area (Å²) >= 11 is 0. The maximum absolute atomic E-state index is 12.0. The number of nitrogens with zero attached hydrogens (tertiary/aromatic N) is 2. The first-order chi connectivity index (χ1) is 10.0. The van der Waals surface area contributed by atoms with Crippen LogP contribution in [-0.2, 0) is 9.53 Å². The number of esters is 1. The number of methoxy groups -OCH3 is 1. The quantitative estimate of drug-likeness (QED) is 0.833. The number of ether oxygens (including phenoxy) is 1. The molecule has 5 heteroatoms. The summed E-state index contributed by atoms with van der Waals surface area (Å²) in [5, 5.41) is 3.29. The number of carbonyl (C=O) groups is 1. The lowest BCUT2D eigenvalue weighted by Gasteiger charge is -2.38. The minimum atomic E-state index is -0.313. The molecule has 0 aromatic heterocycles. The Morgan fingerprint density at radius 1 is 1.29 bits per heavy atom. The fourth-order valence-corrected chi connectivity index (χ4v) is 2.72. The number of likely N-dealkylation sites (N-methyl/N-ethyl adjacent to an activating group) is 1. The van der Waals surface area contributed by atoms with E-state index in [9.17, 15) is 4.79 Å². The third-order valence-corrected chi connectivity index (χ3v) is 3.76. The molecule has 2 rings (SSSR count). The molecule has 1 aromatic carbocycles. The molecule has 0 bridgehead atoms. The van der Waals surface area contributed by atoms with Crippen molar-refractivity contribution in [3.05, 3.63) is 24.3 Å². The summed E-state index contributed by atoms with van der Waals surface area (Å²) in [7, 11) is 3.54. The van der Waals surface area contributed by atoms with Crippen molar-refractivity contribution < 1.29 is 9.53 Å². The van der Waals surface area contributed by atoms with Gasteiger partial charge in [-0.15, -0.1) is 0 Å². The number of anilines is 2. The third kappa shape index (κ3) is 3.67. The molecular formula is C16H25N3O2. The highest BCUT2D eigenvalue weighted by molar-refractivity contribution is 5.78. The van der Waals surface area contributed by atoms with Crippen LogP contribution in [0.2, 0.25) is 0 Å². The molecule has 0 amide bonds. The highest BCUT2D eigenvalue weighted by Crippen LogP contribution is 2.31. The fourth-order valence-electron chi connectivity index (χ4n) is 2.72. The number of hydrogen-bond donors (Lipinski definition) is 1. The van der Waals surface area contributed by atoms with Gasteiger partial charge in [-0.1, -0.05) is 26.0 Å². The van der Waals surface area contributed by atoms with Crippen molar-refractivity contribution in [2.24, 2.45) is 0 Å². The van der Waals surface area contributed by atoms with Gasteiger partial charge >= 0.3 is 5.97 Å². The first-order valence-electron chi connectivity index (χ1n) is 7.42. The zero-order valence-corrected chi connectivity index (χ0v) is 13.3. The van der Waals surface area contributed by atoms with Crippen molar-refractivity contribution in [3.63, 3.8) is 0 Å². The summed E-state index contributed by atoms with van der Waals surface area (Å²) < 4.78 is 4.93. The third-order valence-electron chi connectivity index (χ3n) is 3.76. The van der Waals surface area contributed by atoms with Crippen molar-refractivity contribution in [2.75, 3.05) is 43.6 Å². The molecule has 0 saturated carbocycles. The van der Waals surface area contributed by atoms with Crippen LogP contribution in [0.1, 0.15) is 13.8 Å². The molecule has 0 aliphatic carbocycles. The molecule has 0 saturated heterocycles. The van der Waals surface area contributed by atoms with E-state index in [1.54, 1.807) is 0 Å². The summed E-state index contributed by atoms with van der Waals surface area (Å²) in [5.41, 5.74) is 2.38. The van der Waals surface area contributed by atoms with Crippen LogP contribution in [0, 0.1) is 0 Å². The van der Waals surface area contributed by atoms with Crippen molar-refractivity contribution in [1.82, 2.24) is 5.32 Å². The first-order valence-corrected chi connectivity index (χ1v) is 7.42. The van der Waals surface area contributed by atoms with Crippen LogP contribution in [0.5, 0.6) is 0 Å². The predicted octanol–water partition coefficient (Wildman–Crippen LogP) is 1.48. The topological polar surface area (TPSA) is 44.8 Å². The molecule has 1 aromatic rings. The van der Waals surface area contributed by atoms with E-state index in [2.05, 4.69) is 34.3 Å². The average molecular weight is 291 g/mol. The molecular weight excluding hydrogens is 266 g/mol. The number of benzene rings is 1. The molecule has 0 spiro atoms. The second kappa shape index (κ2) is 6.80. The monoisotopic (exact) mass is 291 g/mol. The molecule has 1 atom stereocenters. The van der Waals surface area contributed by atoms with Gasteiger partial charge in [-0.25, -0.2) is 0 Å². The van der Waals surface area contributed by atoms with Gasteiger partial charge in [0.05, 0.1) is 18.5 Å². The Hall–Kier alpha value is -1.75. The number of fused-ring (bicyclic) bond motifs is 1. The van der Waals surface area contributed by atoms with Crippen molar-refractivity contribution >= 4 is 17.3 Å². The van der Waals surface area contributed by atoms with Crippen molar-refractivity contribution in [2.45, 2.75) is 25.9 Å². The molecule has 1 unspecified atom stereocenters. The van der Waals surface area contributed by atoms with Crippen LogP contribution in [0.15, 0.2) is 24.3 Å². The highest BCUT2D eigenvalue weighted by Gasteiger charge is 2.27. The Kier molecular flexibility index (Phi) is 5.07. The van der Waals surface area contributed by atoms with Crippen molar-refractivity contribution in [1.29, 1.82) is 0 Å². The van der Waals surface area contributed by atoms with Crippen LogP contribution in [0.4, 0.5) is 11.4 Å². The lowest BCUT2D eigenvalue weighted by Crippen LogP contribution is -2.51. The molecule has 1 aliphatic rings. The van der Waals surface area contributed by atoms with Gasteiger partial charge in [0.2, 0.25) is 0 Å². The summed E-state index contributed by atoms with van der Waals surface area (Å²) in [6.07, 6.45) is 0. The number of nitrogens with one attached hydrogen (secondary N) is 1. The van der Waals surface area contributed by atoms with Gasteiger partial charge in [-0.2, -0.15) is 0 Å². The summed E-state index contributed by atoms with van der Waals surface area (Å²) in [4.78, 5) is 16.5. The Balaban J connectivity index is 2.18. The van der Waals surface area contributed by atoms with E-state index in [4.69, 9.17) is 4.74 Å². The minimum Gasteiger partial charge on any atom is -0.468 e. The first kappa shape index (κ1) is 15.6. The molecule has 0 fully saturated rings. The SMILES string of the molecule is COC(=O)C(CN1CCN(C)c2ccccc21)NC(C)C. The lowest BCUT2D eigenvalue weighted by molar-refractivity contribution is -0.143. The average Bonchev–Trinajstić information content (AvgIpc) is 2.48. The van der Waals surface area contributed by atoms with Gasteiger partial charge in [-0.3, -0.25) is 4.79 Å². The zero-order valence-electron chi connectivity index (χ0n) is 13.3. The van der Waals surface area contributed by atoms with E-state index in [-0.39, 0.29) is 18.1 Å². The van der Waals surface area contributed by atoms with Gasteiger partial charge in [-0.05, 0) is 12.1 Å². The van der Waals surface area contributed by atoms with E-state index in [1.165, 1.54) is 18.5 Å². The van der Waals surface area contributed by atoms with Crippen LogP contribution in [0.3, 0.4) is 0 Å². The molecule has 116 valence electrons. The Morgan fingerprint density at radius 3 is 2.57 bits per heavy atom. The van der Waals surface area contributed by atoms with E-state index in [1.807, 2.05) is 26.0 Å². The van der Waals surface area contributed by atoms with E-state index >= 15 is 0 Å². The molecule has 1 heterocycles. The molecule has 1 aliphatic heterocycles. The standard InChI is InChI=1S/C16H25N3O2/c1-12(2)17-13(16(20)21-4)11-19-10-9-18(3)14-7-5-6-8-15(14)19/h5-8,12-13,17H,9-11H2,1-4H3. The zero-order chi connectivity index (χ0) is 15.4. The Bertz CT molecular complexity index is 490. The normalized spacial score (nSPS) is 15.9. The van der Waals surface area contributed by atoms with Crippen LogP contribution < -0.4 is 15.1 Å². The van der Waals surface area contributed by atoms with E-state index in [0.717, 1.165) is 13.1 Å². The van der Waals surface area contributed by atoms with Crippen LogP contribution in [0.25, 0.3) is 0 Å². The second-order valence-electron chi connectivity index (χ2n) is 5.75. The van der Waals surface area contributed by atoms with Crippen molar-refractivity contribution in [3.8, 4) is 0 Å². The smallest absolute Gasteiger partial charge is 0.324 e. The van der Waals surface area contributed by atoms with Gasteiger partial charge < -0.3 is 19.9 Å². The predicted molar refractivity (Wildman–Crippen MR) is 86.0 cm³/mol. The summed E-state index contributed by atoms with van der Waals surface area (Å²) in [5.74, 6) is -0.208. The van der Waals surface area contributed by atoms with Gasteiger partial charge in [0.1, 0.15) is 6.04 Å². The number of para-hydroxylation sites is 2. The Labute approximate surface area is 126 Å². The van der Waals surface area contributed by atoms with Gasteiger partial charge in [0.25, 0.3) is 0 Å². The van der Waals surface area contributed by atoms with Gasteiger partial charge in [0, 0.05) is 32.7 Å². The molecule has 1 N–H and O–H groups in total. The molecule has 0 radical (unpaired) electrons. The maximum Gasteiger partial charge on any atom is 0.324 e. The summed E-state index contributed by atoms with van der Waals surface area (Å²) in [6, 6.07) is 8.22. The second-order valence-corrected chi connectivity index (χ2v) is 5.75. The Morgan fingerprint density at radius 2 is 1.95 bits per heavy atom. The van der Waals surface area contributed by atoms with E-state index < -0.39 is 0 Å². The maximum atomic E-state index is 12.0. The number of rotatable bonds is 5. The fraction of sp³-hybridized carbons (Fsp3) is 0.562. The van der Waals surface area contributed by atoms with E-state index in [0.29, 0.717) is 6.54 Å². The molecule has 21 heavy (non-hydrogen) atoms. The number of hydrogen-bond acceptors (Lipinski definition) is 5. The van der Waals surface area contributed by atoms with Crippen LogP contribution in [-0.4, -0.2) is 51.8 Å². The summed E-state index contributed by atoms with van der Waals surface area (Å²) in [6.45, 7) is 6.55. The van der Waals surface area contributed by atoms with Crippen LogP contribution >= 0.6 is 0 Å².